The number of fused-ring (bicyclic) bond motifs is 1. The van der Waals surface area contributed by atoms with Crippen LogP contribution in [-0.4, -0.2) is 19.7 Å². The summed E-state index contributed by atoms with van der Waals surface area (Å²) in [5.41, 5.74) is 4.99. The van der Waals surface area contributed by atoms with Crippen LogP contribution in [0.5, 0.6) is 0 Å². The minimum Gasteiger partial charge on any atom is -0.299 e. The van der Waals surface area contributed by atoms with Crippen molar-refractivity contribution in [1.29, 1.82) is 0 Å². The third-order valence-corrected chi connectivity index (χ3v) is 7.95. The molecule has 4 nitrogen and oxygen atoms in total. The number of benzene rings is 2. The summed E-state index contributed by atoms with van der Waals surface area (Å²) in [6, 6.07) is 11.7. The van der Waals surface area contributed by atoms with Crippen molar-refractivity contribution in [2.24, 2.45) is 0 Å². The number of aryl methyl sites for hydroxylation is 2. The molecule has 9 heteroatoms. The molecule has 3 aromatic heterocycles. The molecule has 0 atom stereocenters. The van der Waals surface area contributed by atoms with E-state index in [1.807, 2.05) is 42.0 Å². The average molecular weight is 525 g/mol. The van der Waals surface area contributed by atoms with E-state index in [0.29, 0.717) is 17.0 Å². The first-order valence-electron chi connectivity index (χ1n) is 11.4. The highest BCUT2D eigenvalue weighted by molar-refractivity contribution is 7.98. The van der Waals surface area contributed by atoms with Crippen LogP contribution in [0.4, 0.5) is 13.2 Å². The quantitative estimate of drug-likeness (QED) is 0.166. The molecule has 5 rings (SSSR count). The van der Waals surface area contributed by atoms with Gasteiger partial charge < -0.3 is 0 Å². The molecule has 0 fully saturated rings. The maximum Gasteiger partial charge on any atom is 0.192 e. The van der Waals surface area contributed by atoms with Gasteiger partial charge in [0.2, 0.25) is 0 Å². The fourth-order valence-electron chi connectivity index (χ4n) is 4.06. The minimum atomic E-state index is -1.20. The number of halogens is 3. The lowest BCUT2D eigenvalue weighted by atomic mass is 10.0. The van der Waals surface area contributed by atoms with Crippen molar-refractivity contribution in [2.45, 2.75) is 44.6 Å². The molecule has 184 valence electrons. The highest BCUT2D eigenvalue weighted by Gasteiger charge is 2.21. The van der Waals surface area contributed by atoms with E-state index < -0.39 is 17.5 Å². The van der Waals surface area contributed by atoms with Gasteiger partial charge in [-0.2, -0.15) is 0 Å². The topological polar surface area (TPSA) is 43.6 Å². The second-order valence-electron chi connectivity index (χ2n) is 8.90. The van der Waals surface area contributed by atoms with Crippen molar-refractivity contribution in [3.8, 4) is 22.0 Å². The van der Waals surface area contributed by atoms with Crippen LogP contribution in [0.3, 0.4) is 0 Å². The molecule has 0 amide bonds. The van der Waals surface area contributed by atoms with Crippen molar-refractivity contribution in [3.05, 3.63) is 82.0 Å². The van der Waals surface area contributed by atoms with E-state index in [1.54, 1.807) is 11.3 Å². The van der Waals surface area contributed by atoms with E-state index >= 15 is 0 Å². The van der Waals surface area contributed by atoms with E-state index in [4.69, 9.17) is 4.98 Å². The first-order valence-corrected chi connectivity index (χ1v) is 13.3. The number of thioether (sulfide) groups is 1. The summed E-state index contributed by atoms with van der Waals surface area (Å²) in [6.45, 7) is 8.18. The molecule has 0 aliphatic carbocycles. The van der Waals surface area contributed by atoms with Gasteiger partial charge in [0.05, 0.1) is 16.1 Å². The summed E-state index contributed by atoms with van der Waals surface area (Å²) in [7, 11) is 0. The third-order valence-electron chi connectivity index (χ3n) is 6.07. The number of nitrogens with zero attached hydrogens (tertiary/aromatic N) is 4. The van der Waals surface area contributed by atoms with E-state index in [1.165, 1.54) is 11.8 Å². The van der Waals surface area contributed by atoms with Crippen LogP contribution < -0.4 is 0 Å². The molecule has 0 N–H and O–H groups in total. The molecule has 0 unspecified atom stereocenters. The molecule has 0 aliphatic heterocycles. The van der Waals surface area contributed by atoms with Crippen LogP contribution in [0.1, 0.15) is 36.6 Å². The summed E-state index contributed by atoms with van der Waals surface area (Å²) >= 11 is 2.85. The zero-order valence-electron chi connectivity index (χ0n) is 20.1. The highest BCUT2D eigenvalue weighted by Crippen LogP contribution is 2.37. The number of hydrogen-bond acceptors (Lipinski definition) is 5. The largest absolute Gasteiger partial charge is 0.299 e. The molecule has 2 aromatic carbocycles. The number of aromatic nitrogens is 4. The zero-order valence-corrected chi connectivity index (χ0v) is 21.8. The Labute approximate surface area is 215 Å². The molecular formula is C27H23F3N4S2. The minimum absolute atomic E-state index is 0.00718. The number of hydrogen-bond donors (Lipinski definition) is 0. The predicted molar refractivity (Wildman–Crippen MR) is 140 cm³/mol. The van der Waals surface area contributed by atoms with Crippen molar-refractivity contribution in [1.82, 2.24) is 19.7 Å². The maximum absolute atomic E-state index is 14.2. The van der Waals surface area contributed by atoms with Gasteiger partial charge in [-0.15, -0.1) is 21.5 Å². The molecule has 0 saturated carbocycles. The number of rotatable bonds is 6. The van der Waals surface area contributed by atoms with Crippen LogP contribution in [0, 0.1) is 31.3 Å². The van der Waals surface area contributed by atoms with Gasteiger partial charge in [0.1, 0.15) is 5.82 Å². The Hall–Kier alpha value is -3.17. The van der Waals surface area contributed by atoms with Crippen LogP contribution in [0.15, 0.2) is 53.0 Å². The SMILES string of the molecule is Cc1cc2nc(-c3cccs3)cc(-c3nnc(SCc4cc(F)c(F)cc4F)n3C(C)C)c2cc1C. The summed E-state index contributed by atoms with van der Waals surface area (Å²) in [5, 5.41) is 12.5. The lowest BCUT2D eigenvalue weighted by molar-refractivity contribution is 0.492. The average Bonchev–Trinajstić information content (AvgIpc) is 3.51. The van der Waals surface area contributed by atoms with E-state index in [9.17, 15) is 13.2 Å². The highest BCUT2D eigenvalue weighted by atomic mass is 32.2. The Bertz CT molecular complexity index is 1580. The number of thiophene rings is 1. The fourth-order valence-corrected chi connectivity index (χ4v) is 5.79. The normalized spacial score (nSPS) is 11.7. The van der Waals surface area contributed by atoms with Crippen LogP contribution in [0.25, 0.3) is 32.9 Å². The second kappa shape index (κ2) is 9.71. The van der Waals surface area contributed by atoms with Gasteiger partial charge in [-0.25, -0.2) is 18.2 Å². The van der Waals surface area contributed by atoms with E-state index in [0.717, 1.165) is 44.2 Å². The first-order chi connectivity index (χ1) is 17.2. The molecule has 0 bridgehead atoms. The fraction of sp³-hybridized carbons (Fsp3) is 0.222. The van der Waals surface area contributed by atoms with Gasteiger partial charge in [-0.05, 0) is 74.5 Å². The Morgan fingerprint density at radius 1 is 0.944 bits per heavy atom. The van der Waals surface area contributed by atoms with Gasteiger partial charge in [0.15, 0.2) is 22.6 Å². The maximum atomic E-state index is 14.2. The Morgan fingerprint density at radius 2 is 1.69 bits per heavy atom. The van der Waals surface area contributed by atoms with Gasteiger partial charge in [0.25, 0.3) is 0 Å². The van der Waals surface area contributed by atoms with Crippen molar-refractivity contribution >= 4 is 34.0 Å². The third kappa shape index (κ3) is 4.53. The summed E-state index contributed by atoms with van der Waals surface area (Å²) in [6.07, 6.45) is 0. The van der Waals surface area contributed by atoms with E-state index in [-0.39, 0.29) is 17.4 Å². The van der Waals surface area contributed by atoms with Gasteiger partial charge >= 0.3 is 0 Å². The van der Waals surface area contributed by atoms with Crippen LogP contribution in [0.2, 0.25) is 0 Å². The number of pyridine rings is 1. The smallest absolute Gasteiger partial charge is 0.192 e. The van der Waals surface area contributed by atoms with Crippen LogP contribution in [-0.2, 0) is 5.75 Å². The van der Waals surface area contributed by atoms with Gasteiger partial charge in [-0.3, -0.25) is 4.57 Å². The Morgan fingerprint density at radius 3 is 2.42 bits per heavy atom. The summed E-state index contributed by atoms with van der Waals surface area (Å²) in [5.74, 6) is -2.31. The van der Waals surface area contributed by atoms with Crippen molar-refractivity contribution < 1.29 is 13.2 Å². The lowest BCUT2D eigenvalue weighted by Gasteiger charge is -2.16. The standard InChI is InChI=1S/C27H23F3N4S2/c1-14(2)34-26(32-33-27(34)36-13-17-10-21(29)22(30)12-20(17)28)19-11-24(25-6-5-7-35-25)31-23-9-16(4)15(3)8-18(19)23/h5-12,14H,13H2,1-4H3. The van der Waals surface area contributed by atoms with Crippen LogP contribution >= 0.6 is 23.1 Å². The molecule has 36 heavy (non-hydrogen) atoms. The molecule has 0 aliphatic rings. The summed E-state index contributed by atoms with van der Waals surface area (Å²) < 4.78 is 43.2. The molecular weight excluding hydrogens is 501 g/mol. The van der Waals surface area contributed by atoms with Gasteiger partial charge in [0, 0.05) is 34.4 Å². The van der Waals surface area contributed by atoms with Crippen molar-refractivity contribution in [3.63, 3.8) is 0 Å². The zero-order chi connectivity index (χ0) is 25.6. The predicted octanol–water partition coefficient (Wildman–Crippen LogP) is 8.13. The summed E-state index contributed by atoms with van der Waals surface area (Å²) in [4.78, 5) is 5.98. The monoisotopic (exact) mass is 524 g/mol. The van der Waals surface area contributed by atoms with Gasteiger partial charge in [-0.1, -0.05) is 17.8 Å². The Balaban J connectivity index is 1.63. The van der Waals surface area contributed by atoms with Crippen molar-refractivity contribution in [2.75, 3.05) is 0 Å². The molecule has 0 saturated heterocycles. The second-order valence-corrected chi connectivity index (χ2v) is 10.8. The lowest BCUT2D eigenvalue weighted by Crippen LogP contribution is -2.06. The Kier molecular flexibility index (Phi) is 6.61. The molecule has 0 radical (unpaired) electrons. The molecule has 5 aromatic rings. The first kappa shape index (κ1) is 24.5. The van der Waals surface area contributed by atoms with E-state index in [2.05, 4.69) is 36.2 Å². The molecule has 0 spiro atoms. The molecule has 3 heterocycles.